The Morgan fingerprint density at radius 1 is 1.10 bits per heavy atom. The Morgan fingerprint density at radius 3 is 2.64 bits per heavy atom. The van der Waals surface area contributed by atoms with E-state index in [1.54, 1.807) is 49.4 Å². The Hall–Kier alpha value is -4.18. The monoisotopic (exact) mass is 548 g/mol. The SMILES string of the molecule is CCCCOc1ccc([C@@H]2c3c(oc4ccccc4c3=O)C(=O)N2c2nc(C)c(C(=O)OC)s2)cc1OCC. The Labute approximate surface area is 228 Å². The number of esters is 1. The maximum Gasteiger partial charge on any atom is 0.350 e. The number of rotatable bonds is 9. The number of carbonyl (C=O) groups is 2. The minimum Gasteiger partial charge on any atom is -0.490 e. The number of anilines is 1. The van der Waals surface area contributed by atoms with E-state index in [2.05, 4.69) is 11.9 Å². The minimum absolute atomic E-state index is 0.0580. The summed E-state index contributed by atoms with van der Waals surface area (Å²) in [7, 11) is 1.29. The first-order valence-electron chi connectivity index (χ1n) is 12.7. The molecule has 1 atom stereocenters. The quantitative estimate of drug-likeness (QED) is 0.194. The van der Waals surface area contributed by atoms with Gasteiger partial charge < -0.3 is 18.6 Å². The molecule has 0 spiro atoms. The molecule has 0 unspecified atom stereocenters. The topological polar surface area (TPSA) is 108 Å². The van der Waals surface area contributed by atoms with Gasteiger partial charge in [-0.2, -0.15) is 0 Å². The molecule has 4 aromatic rings. The average Bonchev–Trinajstić information content (AvgIpc) is 3.46. The van der Waals surface area contributed by atoms with E-state index in [4.69, 9.17) is 18.6 Å². The number of aromatic nitrogens is 1. The van der Waals surface area contributed by atoms with Crippen molar-refractivity contribution < 1.29 is 28.2 Å². The Morgan fingerprint density at radius 2 is 1.90 bits per heavy atom. The molecular weight excluding hydrogens is 520 g/mol. The van der Waals surface area contributed by atoms with Gasteiger partial charge in [-0.1, -0.05) is 42.9 Å². The third kappa shape index (κ3) is 4.65. The zero-order valence-electron chi connectivity index (χ0n) is 22.1. The normalized spacial score (nSPS) is 14.5. The van der Waals surface area contributed by atoms with Crippen molar-refractivity contribution >= 4 is 39.3 Å². The van der Waals surface area contributed by atoms with Gasteiger partial charge in [-0.25, -0.2) is 9.78 Å². The first-order valence-corrected chi connectivity index (χ1v) is 13.6. The number of thiazole rings is 1. The van der Waals surface area contributed by atoms with Crippen molar-refractivity contribution in [2.24, 2.45) is 0 Å². The van der Waals surface area contributed by atoms with E-state index in [-0.39, 0.29) is 26.8 Å². The number of carbonyl (C=O) groups excluding carboxylic acids is 2. The Bertz CT molecular complexity index is 1620. The van der Waals surface area contributed by atoms with Gasteiger partial charge in [-0.3, -0.25) is 14.5 Å². The Kier molecular flexibility index (Phi) is 7.38. The molecule has 9 nitrogen and oxygen atoms in total. The van der Waals surface area contributed by atoms with Crippen molar-refractivity contribution in [2.75, 3.05) is 25.2 Å². The van der Waals surface area contributed by atoms with Crippen LogP contribution < -0.4 is 19.8 Å². The number of ether oxygens (including phenoxy) is 3. The molecule has 10 heteroatoms. The lowest BCUT2D eigenvalue weighted by molar-refractivity contribution is 0.0605. The summed E-state index contributed by atoms with van der Waals surface area (Å²) in [5.74, 6) is -0.0535. The van der Waals surface area contributed by atoms with Gasteiger partial charge in [0.15, 0.2) is 22.1 Å². The smallest absolute Gasteiger partial charge is 0.350 e. The van der Waals surface area contributed by atoms with Gasteiger partial charge in [0.25, 0.3) is 5.91 Å². The van der Waals surface area contributed by atoms with Crippen LogP contribution in [0.3, 0.4) is 0 Å². The molecule has 0 fully saturated rings. The second-order valence-electron chi connectivity index (χ2n) is 8.99. The number of hydrogen-bond donors (Lipinski definition) is 0. The van der Waals surface area contributed by atoms with Crippen molar-refractivity contribution in [2.45, 2.75) is 39.7 Å². The number of para-hydroxylation sites is 1. The highest BCUT2D eigenvalue weighted by molar-refractivity contribution is 7.17. The molecule has 1 aliphatic rings. The van der Waals surface area contributed by atoms with Gasteiger partial charge in [0, 0.05) is 0 Å². The van der Waals surface area contributed by atoms with Gasteiger partial charge in [0.2, 0.25) is 5.76 Å². The molecule has 2 aromatic heterocycles. The van der Waals surface area contributed by atoms with Crippen LogP contribution in [0.5, 0.6) is 11.5 Å². The molecule has 0 saturated heterocycles. The summed E-state index contributed by atoms with van der Waals surface area (Å²) in [5.41, 5.74) is 1.24. The molecule has 2 aromatic carbocycles. The summed E-state index contributed by atoms with van der Waals surface area (Å²) < 4.78 is 22.7. The van der Waals surface area contributed by atoms with Crippen LogP contribution in [-0.4, -0.2) is 37.2 Å². The van der Waals surface area contributed by atoms with Gasteiger partial charge >= 0.3 is 5.97 Å². The lowest BCUT2D eigenvalue weighted by Gasteiger charge is -2.23. The van der Waals surface area contributed by atoms with Gasteiger partial charge in [0.05, 0.1) is 43.0 Å². The van der Waals surface area contributed by atoms with Crippen LogP contribution in [0.1, 0.15) is 69.8 Å². The summed E-state index contributed by atoms with van der Waals surface area (Å²) in [6, 6.07) is 11.3. The van der Waals surface area contributed by atoms with Crippen molar-refractivity contribution in [3.63, 3.8) is 0 Å². The van der Waals surface area contributed by atoms with Gasteiger partial charge in [-0.15, -0.1) is 0 Å². The largest absolute Gasteiger partial charge is 0.490 e. The number of methoxy groups -OCH3 is 1. The van der Waals surface area contributed by atoms with E-state index < -0.39 is 17.9 Å². The lowest BCUT2D eigenvalue weighted by Crippen LogP contribution is -2.29. The molecule has 0 radical (unpaired) electrons. The zero-order chi connectivity index (χ0) is 27.7. The Balaban J connectivity index is 1.71. The molecular formula is C29H28N2O7S. The van der Waals surface area contributed by atoms with Crippen LogP contribution in [0, 0.1) is 6.92 Å². The van der Waals surface area contributed by atoms with E-state index in [1.165, 1.54) is 12.0 Å². The minimum atomic E-state index is -0.867. The summed E-state index contributed by atoms with van der Waals surface area (Å²) in [6.45, 7) is 6.56. The molecule has 1 aliphatic heterocycles. The third-order valence-corrected chi connectivity index (χ3v) is 7.62. The summed E-state index contributed by atoms with van der Waals surface area (Å²) in [4.78, 5) is 46.2. The van der Waals surface area contributed by atoms with Gasteiger partial charge in [0.1, 0.15) is 10.5 Å². The average molecular weight is 549 g/mol. The van der Waals surface area contributed by atoms with Crippen molar-refractivity contribution in [3.8, 4) is 11.5 Å². The predicted molar refractivity (Wildman–Crippen MR) is 147 cm³/mol. The maximum absolute atomic E-state index is 13.9. The van der Waals surface area contributed by atoms with E-state index in [1.807, 2.05) is 6.92 Å². The number of nitrogens with zero attached hydrogens (tertiary/aromatic N) is 2. The fourth-order valence-corrected chi connectivity index (χ4v) is 5.62. The molecule has 5 rings (SSSR count). The van der Waals surface area contributed by atoms with Crippen molar-refractivity contribution in [1.29, 1.82) is 0 Å². The lowest BCUT2D eigenvalue weighted by atomic mass is 9.98. The number of amides is 1. The molecule has 3 heterocycles. The number of benzene rings is 2. The first kappa shape index (κ1) is 26.4. The first-order chi connectivity index (χ1) is 18.9. The number of aryl methyl sites for hydroxylation is 1. The molecule has 39 heavy (non-hydrogen) atoms. The van der Waals surface area contributed by atoms with E-state index in [9.17, 15) is 14.4 Å². The van der Waals surface area contributed by atoms with Crippen LogP contribution in [0.15, 0.2) is 51.7 Å². The van der Waals surface area contributed by atoms with E-state index >= 15 is 0 Å². The number of fused-ring (bicyclic) bond motifs is 2. The highest BCUT2D eigenvalue weighted by atomic mass is 32.1. The summed E-state index contributed by atoms with van der Waals surface area (Å²) >= 11 is 1.02. The van der Waals surface area contributed by atoms with Crippen molar-refractivity contribution in [1.82, 2.24) is 4.98 Å². The van der Waals surface area contributed by atoms with Gasteiger partial charge in [-0.05, 0) is 50.1 Å². The molecule has 0 saturated carbocycles. The molecule has 0 aliphatic carbocycles. The van der Waals surface area contributed by atoms with Crippen LogP contribution in [0.25, 0.3) is 11.0 Å². The third-order valence-electron chi connectivity index (χ3n) is 6.48. The fraction of sp³-hybridized carbons (Fsp3) is 0.310. The predicted octanol–water partition coefficient (Wildman–Crippen LogP) is 5.67. The van der Waals surface area contributed by atoms with Crippen molar-refractivity contribution in [3.05, 3.63) is 80.1 Å². The van der Waals surface area contributed by atoms with Crippen LogP contribution in [0.2, 0.25) is 0 Å². The zero-order valence-corrected chi connectivity index (χ0v) is 22.9. The second-order valence-corrected chi connectivity index (χ2v) is 9.97. The highest BCUT2D eigenvalue weighted by Gasteiger charge is 2.45. The standard InChI is InChI=1S/C29H28N2O7S/c1-5-7-14-37-20-13-12-17(15-21(20)36-6-2)23-22-24(32)18-10-8-9-11-19(18)38-25(22)27(33)31(23)29-30-16(3)26(39-29)28(34)35-4/h8-13,15,23H,5-7,14H2,1-4H3/t23-/m1/s1. The molecule has 0 bridgehead atoms. The molecule has 202 valence electrons. The van der Waals surface area contributed by atoms with Crippen LogP contribution in [0.4, 0.5) is 5.13 Å². The fourth-order valence-electron chi connectivity index (χ4n) is 4.61. The van der Waals surface area contributed by atoms with Crippen LogP contribution >= 0.6 is 11.3 Å². The summed E-state index contributed by atoms with van der Waals surface area (Å²) in [6.07, 6.45) is 1.88. The molecule has 0 N–H and O–H groups in total. The maximum atomic E-state index is 13.9. The van der Waals surface area contributed by atoms with E-state index in [0.29, 0.717) is 46.9 Å². The second kappa shape index (κ2) is 10.9. The highest BCUT2D eigenvalue weighted by Crippen LogP contribution is 2.45. The number of hydrogen-bond acceptors (Lipinski definition) is 9. The van der Waals surface area contributed by atoms with E-state index in [0.717, 1.165) is 24.2 Å². The molecule has 1 amide bonds. The van der Waals surface area contributed by atoms with Crippen LogP contribution in [-0.2, 0) is 4.74 Å². The summed E-state index contributed by atoms with van der Waals surface area (Å²) in [5, 5.41) is 0.616. The number of unbranched alkanes of at least 4 members (excludes halogenated alkanes) is 1.